The fraction of sp³-hybridized carbons (Fsp3) is 0.579. The zero-order valence-electron chi connectivity index (χ0n) is 15.3. The average molecular weight is 393 g/mol. The summed E-state index contributed by atoms with van der Waals surface area (Å²) < 4.78 is 49.3. The highest BCUT2D eigenvalue weighted by molar-refractivity contribution is 7.80. The smallest absolute Gasteiger partial charge is 0.398 e. The number of rotatable bonds is 4. The van der Waals surface area contributed by atoms with E-state index >= 15 is 0 Å². The van der Waals surface area contributed by atoms with Gasteiger partial charge in [0.05, 0.1) is 6.61 Å². The minimum Gasteiger partial charge on any atom is -0.490 e. The molecule has 2 aliphatic heterocycles. The predicted molar refractivity (Wildman–Crippen MR) is 97.5 cm³/mol. The molecule has 1 saturated heterocycles. The molecule has 1 fully saturated rings. The van der Waals surface area contributed by atoms with Crippen molar-refractivity contribution in [1.82, 2.24) is 4.90 Å². The molecule has 0 saturated carbocycles. The molecule has 1 aromatic carbocycles. The van der Waals surface area contributed by atoms with Gasteiger partial charge in [-0.05, 0) is 45.0 Å². The third-order valence-corrected chi connectivity index (χ3v) is 7.11. The van der Waals surface area contributed by atoms with Crippen LogP contribution in [0.25, 0.3) is 0 Å². The van der Waals surface area contributed by atoms with Crippen molar-refractivity contribution < 1.29 is 26.6 Å². The maximum absolute atomic E-state index is 11.4. The number of likely N-dealkylation sites (N-methyl/N-ethyl adjacent to an activating group) is 1. The van der Waals surface area contributed by atoms with Crippen LogP contribution in [0.15, 0.2) is 24.3 Å². The number of likely N-dealkylation sites (tertiary alicyclic amines) is 1. The molecule has 7 nitrogen and oxygen atoms in total. The number of hydrogen-bond donors (Lipinski definition) is 1. The van der Waals surface area contributed by atoms with Crippen LogP contribution >= 0.6 is 0 Å². The van der Waals surface area contributed by atoms with Crippen LogP contribution in [0.3, 0.4) is 0 Å². The molecule has 1 spiro atoms. The first-order valence-electron chi connectivity index (χ1n) is 9.35. The molecule has 1 aromatic rings. The molecule has 5 rings (SSSR count). The summed E-state index contributed by atoms with van der Waals surface area (Å²) in [6, 6.07) is 4.37. The quantitative estimate of drug-likeness (QED) is 0.616. The summed E-state index contributed by atoms with van der Waals surface area (Å²) in [6.45, 7) is 3.34. The maximum atomic E-state index is 11.4. The molecule has 2 aliphatic carbocycles. The molecule has 0 unspecified atom stereocenters. The molecule has 0 amide bonds. The van der Waals surface area contributed by atoms with Gasteiger partial charge in [-0.25, -0.2) is 4.18 Å². The Morgan fingerprint density at radius 1 is 1.37 bits per heavy atom. The number of hydrogen-bond acceptors (Lipinski definition) is 6. The molecule has 146 valence electrons. The number of benzene rings is 1. The van der Waals surface area contributed by atoms with Crippen molar-refractivity contribution in [3.63, 3.8) is 0 Å². The normalized spacial score (nSPS) is 36.3. The first kappa shape index (κ1) is 17.5. The SMILES string of the molecule is CCOc1ccc2c3c1O[C@H]1[C@@H](OS(=O)(=O)O)C=C[C@H]4[C@@H](C2)N(C)CC[C@@]341. The van der Waals surface area contributed by atoms with Gasteiger partial charge in [-0.2, -0.15) is 8.42 Å². The van der Waals surface area contributed by atoms with Gasteiger partial charge in [0.25, 0.3) is 0 Å². The van der Waals surface area contributed by atoms with Gasteiger partial charge in [0.2, 0.25) is 0 Å². The molecule has 2 bridgehead atoms. The number of nitrogens with zero attached hydrogens (tertiary/aromatic N) is 1. The van der Waals surface area contributed by atoms with E-state index in [0.29, 0.717) is 24.1 Å². The van der Waals surface area contributed by atoms with E-state index in [1.165, 1.54) is 5.56 Å². The lowest BCUT2D eigenvalue weighted by Crippen LogP contribution is -2.65. The lowest BCUT2D eigenvalue weighted by molar-refractivity contribution is -0.0389. The third-order valence-electron chi connectivity index (χ3n) is 6.65. The van der Waals surface area contributed by atoms with Crippen molar-refractivity contribution in [2.24, 2.45) is 5.92 Å². The molecule has 8 heteroatoms. The van der Waals surface area contributed by atoms with Crippen LogP contribution in [0.4, 0.5) is 0 Å². The van der Waals surface area contributed by atoms with Crippen LogP contribution in [-0.2, 0) is 26.4 Å². The third kappa shape index (κ3) is 2.33. The van der Waals surface area contributed by atoms with Crippen LogP contribution in [-0.4, -0.2) is 56.3 Å². The average Bonchev–Trinajstić information content (AvgIpc) is 2.95. The van der Waals surface area contributed by atoms with Crippen molar-refractivity contribution in [3.8, 4) is 11.5 Å². The summed E-state index contributed by atoms with van der Waals surface area (Å²) in [7, 11) is -2.46. The Bertz CT molecular complexity index is 928. The standard InChI is InChI=1S/C19H23NO6S/c1-3-24-14-6-4-11-10-13-12-5-7-15(26-27(21,22)23)18-19(12,8-9-20(13)2)16(11)17(14)25-18/h4-7,12-13,15,18H,3,8-10H2,1-2H3,(H,21,22,23)/t12-,13+,15-,18-,19-/m0/s1. The fourth-order valence-corrected chi connectivity index (χ4v) is 6.15. The molecular formula is C19H23NO6S. The highest BCUT2D eigenvalue weighted by Gasteiger charge is 2.65. The summed E-state index contributed by atoms with van der Waals surface area (Å²) in [6.07, 6.45) is 4.16. The van der Waals surface area contributed by atoms with Crippen LogP contribution in [0, 0.1) is 5.92 Å². The topological polar surface area (TPSA) is 85.3 Å². The van der Waals surface area contributed by atoms with E-state index in [-0.39, 0.29) is 11.3 Å². The van der Waals surface area contributed by atoms with E-state index in [4.69, 9.17) is 13.7 Å². The van der Waals surface area contributed by atoms with Crippen molar-refractivity contribution in [2.75, 3.05) is 20.2 Å². The molecule has 2 heterocycles. The Labute approximate surface area is 158 Å². The van der Waals surface area contributed by atoms with E-state index in [2.05, 4.69) is 24.1 Å². The molecule has 4 aliphatic rings. The summed E-state index contributed by atoms with van der Waals surface area (Å²) >= 11 is 0. The Balaban J connectivity index is 1.71. The second-order valence-electron chi connectivity index (χ2n) is 7.84. The molecule has 1 N–H and O–H groups in total. The summed E-state index contributed by atoms with van der Waals surface area (Å²) in [5.41, 5.74) is 2.00. The number of ether oxygens (including phenoxy) is 2. The Hall–Kier alpha value is -1.61. The first-order valence-corrected chi connectivity index (χ1v) is 10.7. The van der Waals surface area contributed by atoms with Gasteiger partial charge in [0.15, 0.2) is 11.5 Å². The zero-order chi connectivity index (χ0) is 19.0. The molecular weight excluding hydrogens is 370 g/mol. The van der Waals surface area contributed by atoms with Crippen molar-refractivity contribution in [1.29, 1.82) is 0 Å². The molecule has 0 radical (unpaired) electrons. The second-order valence-corrected chi connectivity index (χ2v) is 8.89. The number of piperidine rings is 1. The zero-order valence-corrected chi connectivity index (χ0v) is 16.1. The van der Waals surface area contributed by atoms with Crippen LogP contribution < -0.4 is 9.47 Å². The Morgan fingerprint density at radius 3 is 2.93 bits per heavy atom. The van der Waals surface area contributed by atoms with Crippen molar-refractivity contribution in [2.45, 2.75) is 43.4 Å². The van der Waals surface area contributed by atoms with E-state index in [1.807, 2.05) is 13.0 Å². The predicted octanol–water partition coefficient (Wildman–Crippen LogP) is 1.72. The van der Waals surface area contributed by atoms with Gasteiger partial charge in [0, 0.05) is 22.9 Å². The van der Waals surface area contributed by atoms with Gasteiger partial charge < -0.3 is 14.4 Å². The molecule has 5 atom stereocenters. The highest BCUT2D eigenvalue weighted by atomic mass is 32.3. The van der Waals surface area contributed by atoms with Crippen LogP contribution in [0.2, 0.25) is 0 Å². The van der Waals surface area contributed by atoms with Gasteiger partial charge in [0.1, 0.15) is 12.2 Å². The van der Waals surface area contributed by atoms with Crippen molar-refractivity contribution in [3.05, 3.63) is 35.4 Å². The van der Waals surface area contributed by atoms with Gasteiger partial charge in [-0.3, -0.25) is 4.55 Å². The summed E-state index contributed by atoms with van der Waals surface area (Å²) in [5, 5.41) is 0. The van der Waals surface area contributed by atoms with Gasteiger partial charge >= 0.3 is 10.4 Å². The summed E-state index contributed by atoms with van der Waals surface area (Å²) in [4.78, 5) is 2.37. The minimum atomic E-state index is -4.59. The van der Waals surface area contributed by atoms with Crippen LogP contribution in [0.5, 0.6) is 11.5 Å². The molecule has 27 heavy (non-hydrogen) atoms. The Kier molecular flexibility index (Phi) is 3.69. The lowest BCUT2D eigenvalue weighted by Gasteiger charge is -2.56. The monoisotopic (exact) mass is 393 g/mol. The van der Waals surface area contributed by atoms with E-state index in [9.17, 15) is 13.0 Å². The second kappa shape index (κ2) is 5.70. The van der Waals surface area contributed by atoms with Crippen LogP contribution in [0.1, 0.15) is 24.5 Å². The fourth-order valence-electron chi connectivity index (χ4n) is 5.70. The van der Waals surface area contributed by atoms with E-state index < -0.39 is 22.6 Å². The Morgan fingerprint density at radius 2 is 2.19 bits per heavy atom. The molecule has 0 aromatic heterocycles. The van der Waals surface area contributed by atoms with E-state index in [1.54, 1.807) is 6.08 Å². The van der Waals surface area contributed by atoms with Crippen molar-refractivity contribution >= 4 is 10.4 Å². The maximum Gasteiger partial charge on any atom is 0.398 e. The van der Waals surface area contributed by atoms with Gasteiger partial charge in [-0.1, -0.05) is 18.2 Å². The largest absolute Gasteiger partial charge is 0.490 e. The lowest BCUT2D eigenvalue weighted by atomic mass is 9.53. The van der Waals surface area contributed by atoms with E-state index in [0.717, 1.165) is 24.9 Å². The first-order chi connectivity index (χ1) is 12.8. The minimum absolute atomic E-state index is 0.202. The highest BCUT2D eigenvalue weighted by Crippen LogP contribution is 2.62. The summed E-state index contributed by atoms with van der Waals surface area (Å²) in [5.74, 6) is 1.59. The van der Waals surface area contributed by atoms with Gasteiger partial charge in [-0.15, -0.1) is 0 Å².